The Kier molecular flexibility index (Phi) is 6.12. The lowest BCUT2D eigenvalue weighted by molar-refractivity contribution is 0.355. The van der Waals surface area contributed by atoms with Crippen molar-refractivity contribution < 1.29 is 9.47 Å². The minimum atomic E-state index is 0.557. The van der Waals surface area contributed by atoms with Gasteiger partial charge in [-0.25, -0.2) is 14.6 Å². The average molecular weight is 428 g/mol. The standard InChI is InChI=1S/C24H24N6O2/c1-16-12-20(18-8-6-5-7-9-18)30(29-16)24-14-23(25-15-26-24)28-27-17(2)19-10-11-21(31-3)22(13-19)32-4/h5-15H,1-4H3,(H,25,26,28)/b27-17+. The topological polar surface area (TPSA) is 86.5 Å². The molecule has 1 N–H and O–H groups in total. The second-order valence-electron chi connectivity index (χ2n) is 7.09. The van der Waals surface area contributed by atoms with Crippen LogP contribution in [0.25, 0.3) is 17.1 Å². The van der Waals surface area contributed by atoms with E-state index in [9.17, 15) is 0 Å². The van der Waals surface area contributed by atoms with Gasteiger partial charge in [0.1, 0.15) is 6.33 Å². The minimum absolute atomic E-state index is 0.557. The highest BCUT2D eigenvalue weighted by Crippen LogP contribution is 2.28. The van der Waals surface area contributed by atoms with Crippen molar-refractivity contribution in [2.45, 2.75) is 13.8 Å². The van der Waals surface area contributed by atoms with E-state index in [1.54, 1.807) is 14.2 Å². The molecule has 8 heteroatoms. The highest BCUT2D eigenvalue weighted by molar-refractivity contribution is 5.99. The first-order chi connectivity index (χ1) is 15.6. The molecule has 0 saturated heterocycles. The molecule has 4 rings (SSSR count). The average Bonchev–Trinajstić information content (AvgIpc) is 3.24. The summed E-state index contributed by atoms with van der Waals surface area (Å²) in [4.78, 5) is 8.69. The van der Waals surface area contributed by atoms with E-state index in [1.165, 1.54) is 6.33 Å². The van der Waals surface area contributed by atoms with Gasteiger partial charge in [-0.2, -0.15) is 10.2 Å². The maximum atomic E-state index is 5.37. The molecule has 0 amide bonds. The summed E-state index contributed by atoms with van der Waals surface area (Å²) in [6.07, 6.45) is 1.49. The molecule has 0 aliphatic rings. The van der Waals surface area contributed by atoms with Crippen LogP contribution in [0.15, 0.2) is 72.1 Å². The van der Waals surface area contributed by atoms with Crippen LogP contribution in [0, 0.1) is 6.92 Å². The smallest absolute Gasteiger partial charge is 0.161 e. The molecule has 32 heavy (non-hydrogen) atoms. The lowest BCUT2D eigenvalue weighted by Crippen LogP contribution is -2.05. The first-order valence-electron chi connectivity index (χ1n) is 10.1. The van der Waals surface area contributed by atoms with Gasteiger partial charge in [-0.15, -0.1) is 0 Å². The molecular weight excluding hydrogens is 404 g/mol. The van der Waals surface area contributed by atoms with E-state index >= 15 is 0 Å². The van der Waals surface area contributed by atoms with E-state index in [2.05, 4.69) is 25.6 Å². The van der Waals surface area contributed by atoms with Crippen molar-refractivity contribution in [3.8, 4) is 28.6 Å². The van der Waals surface area contributed by atoms with Crippen LogP contribution in [0.2, 0.25) is 0 Å². The Morgan fingerprint density at radius 2 is 1.72 bits per heavy atom. The lowest BCUT2D eigenvalue weighted by atomic mass is 10.1. The van der Waals surface area contributed by atoms with Gasteiger partial charge in [0.2, 0.25) is 0 Å². The molecule has 0 aliphatic carbocycles. The fraction of sp³-hybridized carbons (Fsp3) is 0.167. The second kappa shape index (κ2) is 9.30. The van der Waals surface area contributed by atoms with Gasteiger partial charge < -0.3 is 9.47 Å². The zero-order chi connectivity index (χ0) is 22.5. The highest BCUT2D eigenvalue weighted by Gasteiger charge is 2.12. The SMILES string of the molecule is COc1ccc(/C(C)=N/Nc2cc(-n3nc(C)cc3-c3ccccc3)ncn2)cc1OC. The van der Waals surface area contributed by atoms with Crippen LogP contribution >= 0.6 is 0 Å². The van der Waals surface area contributed by atoms with Gasteiger partial charge in [-0.05, 0) is 38.1 Å². The van der Waals surface area contributed by atoms with E-state index in [4.69, 9.17) is 9.47 Å². The molecule has 2 aromatic heterocycles. The minimum Gasteiger partial charge on any atom is -0.493 e. The number of anilines is 1. The summed E-state index contributed by atoms with van der Waals surface area (Å²) >= 11 is 0. The molecule has 0 atom stereocenters. The van der Waals surface area contributed by atoms with Gasteiger partial charge >= 0.3 is 0 Å². The third-order valence-corrected chi connectivity index (χ3v) is 4.91. The van der Waals surface area contributed by atoms with Crippen LogP contribution in [0.1, 0.15) is 18.2 Å². The summed E-state index contributed by atoms with van der Waals surface area (Å²) in [5.41, 5.74) is 7.60. The monoisotopic (exact) mass is 428 g/mol. The number of benzene rings is 2. The van der Waals surface area contributed by atoms with Crippen LogP contribution in [0.5, 0.6) is 11.5 Å². The molecule has 4 aromatic rings. The molecule has 2 aromatic carbocycles. The number of nitrogens with zero attached hydrogens (tertiary/aromatic N) is 5. The van der Waals surface area contributed by atoms with Gasteiger partial charge in [0.25, 0.3) is 0 Å². The quantitative estimate of drug-likeness (QED) is 0.345. The van der Waals surface area contributed by atoms with E-state index in [0.717, 1.165) is 28.2 Å². The molecule has 0 unspecified atom stereocenters. The first kappa shape index (κ1) is 21.0. The Balaban J connectivity index is 1.60. The number of hydrazone groups is 1. The molecule has 162 valence electrons. The number of ether oxygens (including phenoxy) is 2. The van der Waals surface area contributed by atoms with Crippen LogP contribution < -0.4 is 14.9 Å². The number of nitrogens with one attached hydrogen (secondary N) is 1. The molecule has 0 bridgehead atoms. The number of rotatable bonds is 7. The molecular formula is C24H24N6O2. The van der Waals surface area contributed by atoms with Crippen molar-refractivity contribution in [3.63, 3.8) is 0 Å². The molecule has 0 aliphatic heterocycles. The fourth-order valence-electron chi connectivity index (χ4n) is 3.28. The third kappa shape index (κ3) is 4.44. The Morgan fingerprint density at radius 1 is 0.938 bits per heavy atom. The number of hydrogen-bond donors (Lipinski definition) is 1. The zero-order valence-corrected chi connectivity index (χ0v) is 18.4. The maximum Gasteiger partial charge on any atom is 0.161 e. The zero-order valence-electron chi connectivity index (χ0n) is 18.4. The highest BCUT2D eigenvalue weighted by atomic mass is 16.5. The third-order valence-electron chi connectivity index (χ3n) is 4.91. The predicted octanol–water partition coefficient (Wildman–Crippen LogP) is 4.49. The molecule has 0 radical (unpaired) electrons. The Labute approximate surface area is 186 Å². The van der Waals surface area contributed by atoms with Gasteiger partial charge in [0.05, 0.1) is 31.3 Å². The molecule has 0 saturated carbocycles. The number of hydrogen-bond acceptors (Lipinski definition) is 7. The van der Waals surface area contributed by atoms with Crippen LogP contribution in [-0.2, 0) is 0 Å². The van der Waals surface area contributed by atoms with E-state index in [0.29, 0.717) is 23.1 Å². The summed E-state index contributed by atoms with van der Waals surface area (Å²) in [5, 5.41) is 9.08. The summed E-state index contributed by atoms with van der Waals surface area (Å²) in [6, 6.07) is 19.6. The van der Waals surface area contributed by atoms with Crippen molar-refractivity contribution in [2.75, 3.05) is 19.6 Å². The van der Waals surface area contributed by atoms with Gasteiger partial charge in [-0.3, -0.25) is 5.43 Å². The maximum absolute atomic E-state index is 5.37. The van der Waals surface area contributed by atoms with E-state index in [-0.39, 0.29) is 0 Å². The number of aryl methyl sites for hydroxylation is 1. The summed E-state index contributed by atoms with van der Waals surface area (Å²) in [6.45, 7) is 3.86. The van der Waals surface area contributed by atoms with E-state index in [1.807, 2.05) is 79.2 Å². The van der Waals surface area contributed by atoms with Crippen molar-refractivity contribution in [3.05, 3.63) is 78.2 Å². The molecule has 2 heterocycles. The fourth-order valence-corrected chi connectivity index (χ4v) is 3.28. The van der Waals surface area contributed by atoms with E-state index < -0.39 is 0 Å². The Morgan fingerprint density at radius 3 is 2.47 bits per heavy atom. The largest absolute Gasteiger partial charge is 0.493 e. The summed E-state index contributed by atoms with van der Waals surface area (Å²) in [7, 11) is 3.21. The van der Waals surface area contributed by atoms with Crippen LogP contribution in [0.3, 0.4) is 0 Å². The molecule has 0 fully saturated rings. The predicted molar refractivity (Wildman–Crippen MR) is 125 cm³/mol. The summed E-state index contributed by atoms with van der Waals surface area (Å²) < 4.78 is 12.5. The second-order valence-corrected chi connectivity index (χ2v) is 7.09. The normalized spacial score (nSPS) is 11.3. The number of aromatic nitrogens is 4. The van der Waals surface area contributed by atoms with Crippen molar-refractivity contribution in [1.82, 2.24) is 19.7 Å². The number of methoxy groups -OCH3 is 2. The molecule has 8 nitrogen and oxygen atoms in total. The van der Waals surface area contributed by atoms with Crippen LogP contribution in [0.4, 0.5) is 5.82 Å². The van der Waals surface area contributed by atoms with Gasteiger partial charge in [0.15, 0.2) is 23.1 Å². The van der Waals surface area contributed by atoms with Crippen molar-refractivity contribution in [1.29, 1.82) is 0 Å². The van der Waals surface area contributed by atoms with Crippen molar-refractivity contribution in [2.24, 2.45) is 5.10 Å². The lowest BCUT2D eigenvalue weighted by Gasteiger charge is -2.10. The Hall–Kier alpha value is -4.20. The van der Waals surface area contributed by atoms with Crippen LogP contribution in [-0.4, -0.2) is 39.7 Å². The van der Waals surface area contributed by atoms with Gasteiger partial charge in [0, 0.05) is 17.2 Å². The molecule has 0 spiro atoms. The Bertz CT molecular complexity index is 1250. The summed E-state index contributed by atoms with van der Waals surface area (Å²) in [5.74, 6) is 2.52. The van der Waals surface area contributed by atoms with Gasteiger partial charge in [-0.1, -0.05) is 30.3 Å². The van der Waals surface area contributed by atoms with Crippen molar-refractivity contribution >= 4 is 11.5 Å². The first-order valence-corrected chi connectivity index (χ1v) is 10.1.